The van der Waals surface area contributed by atoms with E-state index in [0.717, 1.165) is 14.8 Å². The molecule has 0 saturated carbocycles. The highest BCUT2D eigenvalue weighted by molar-refractivity contribution is 7.16. The van der Waals surface area contributed by atoms with Crippen LogP contribution in [0.2, 0.25) is 4.34 Å². The third-order valence-electron chi connectivity index (χ3n) is 4.41. The Labute approximate surface area is 156 Å². The first-order valence-corrected chi connectivity index (χ1v) is 9.28. The minimum absolute atomic E-state index is 0.206. The first-order valence-electron chi connectivity index (χ1n) is 8.08. The van der Waals surface area contributed by atoms with Crippen molar-refractivity contribution in [1.29, 1.82) is 0 Å². The number of amides is 3. The van der Waals surface area contributed by atoms with Crippen LogP contribution in [-0.4, -0.2) is 35.5 Å². The highest BCUT2D eigenvalue weighted by Gasteiger charge is 2.51. The van der Waals surface area contributed by atoms with Crippen LogP contribution >= 0.6 is 22.9 Å². The highest BCUT2D eigenvalue weighted by atomic mass is 35.5. The Morgan fingerprint density at radius 3 is 2.52 bits per heavy atom. The van der Waals surface area contributed by atoms with Gasteiger partial charge in [0.15, 0.2) is 0 Å². The normalized spacial score (nSPS) is 20.4. The Morgan fingerprint density at radius 1 is 1.20 bits per heavy atom. The third-order valence-corrected chi connectivity index (χ3v) is 5.63. The van der Waals surface area contributed by atoms with Crippen molar-refractivity contribution in [2.75, 3.05) is 13.7 Å². The lowest BCUT2D eigenvalue weighted by atomic mass is 9.87. The van der Waals surface area contributed by atoms with Crippen LogP contribution in [0.25, 0.3) is 0 Å². The molecule has 0 spiro atoms. The number of hydrogen-bond donors (Lipinski definition) is 1. The molecule has 1 atom stereocenters. The smallest absolute Gasteiger partial charge is 0.319 e. The lowest BCUT2D eigenvalue weighted by Gasteiger charge is -2.27. The van der Waals surface area contributed by atoms with Crippen LogP contribution in [0.15, 0.2) is 42.5 Å². The van der Waals surface area contributed by atoms with Gasteiger partial charge in [0, 0.05) is 11.4 Å². The fraction of sp³-hybridized carbons (Fsp3) is 0.333. The van der Waals surface area contributed by atoms with Crippen LogP contribution < -0.4 is 5.32 Å². The molecule has 3 amide bonds. The molecule has 3 rings (SSSR count). The van der Waals surface area contributed by atoms with Crippen LogP contribution in [0.4, 0.5) is 4.79 Å². The molecule has 1 aromatic heterocycles. The zero-order valence-electron chi connectivity index (χ0n) is 14.2. The summed E-state index contributed by atoms with van der Waals surface area (Å²) in [7, 11) is 1.88. The Morgan fingerprint density at radius 2 is 1.92 bits per heavy atom. The second-order valence-electron chi connectivity index (χ2n) is 6.15. The van der Waals surface area contributed by atoms with Crippen molar-refractivity contribution in [1.82, 2.24) is 15.1 Å². The Kier molecular flexibility index (Phi) is 5.13. The predicted octanol–water partition coefficient (Wildman–Crippen LogP) is 3.65. The van der Waals surface area contributed by atoms with Crippen molar-refractivity contribution in [2.24, 2.45) is 0 Å². The van der Waals surface area contributed by atoms with Gasteiger partial charge < -0.3 is 5.32 Å². The molecule has 7 heteroatoms. The lowest BCUT2D eigenvalue weighted by molar-refractivity contribution is -0.133. The third kappa shape index (κ3) is 3.42. The molecule has 2 aromatic rings. The number of halogens is 1. The zero-order chi connectivity index (χ0) is 18.0. The molecule has 0 bridgehead atoms. The molecule has 1 aliphatic heterocycles. The molecule has 0 aliphatic carbocycles. The molecule has 0 radical (unpaired) electrons. The van der Waals surface area contributed by atoms with E-state index < -0.39 is 5.54 Å². The average Bonchev–Trinajstić information content (AvgIpc) is 3.11. The highest BCUT2D eigenvalue weighted by Crippen LogP contribution is 2.32. The second-order valence-corrected chi connectivity index (χ2v) is 7.95. The van der Waals surface area contributed by atoms with Gasteiger partial charge >= 0.3 is 6.03 Å². The molecule has 1 aliphatic rings. The van der Waals surface area contributed by atoms with E-state index in [1.165, 1.54) is 16.2 Å². The summed E-state index contributed by atoms with van der Waals surface area (Å²) in [6.07, 6.45) is 0.502. The van der Waals surface area contributed by atoms with E-state index in [-0.39, 0.29) is 18.6 Å². The van der Waals surface area contributed by atoms with Gasteiger partial charge in [0.05, 0.1) is 11.0 Å². The van der Waals surface area contributed by atoms with Crippen LogP contribution in [0.5, 0.6) is 0 Å². The largest absolute Gasteiger partial charge is 0.326 e. The van der Waals surface area contributed by atoms with Crippen molar-refractivity contribution in [2.45, 2.75) is 25.4 Å². The number of urea groups is 1. The lowest BCUT2D eigenvalue weighted by Crippen LogP contribution is -2.44. The summed E-state index contributed by atoms with van der Waals surface area (Å²) >= 11 is 7.45. The van der Waals surface area contributed by atoms with Crippen molar-refractivity contribution in [3.63, 3.8) is 0 Å². The average molecular weight is 378 g/mol. The van der Waals surface area contributed by atoms with Crippen molar-refractivity contribution >= 4 is 34.9 Å². The molecule has 25 heavy (non-hydrogen) atoms. The van der Waals surface area contributed by atoms with E-state index in [2.05, 4.69) is 5.32 Å². The Balaban J connectivity index is 1.76. The number of thiophene rings is 1. The van der Waals surface area contributed by atoms with Crippen molar-refractivity contribution in [3.8, 4) is 0 Å². The molecule has 132 valence electrons. The number of nitrogens with zero attached hydrogens (tertiary/aromatic N) is 2. The molecule has 1 fully saturated rings. The van der Waals surface area contributed by atoms with Crippen LogP contribution in [-0.2, 0) is 16.9 Å². The standard InChI is InChI=1S/C18H20ClN3O2S/c1-3-18(13-7-5-4-6-8-13)16(23)22(17(24)20-18)12-21(2)11-14-9-10-15(19)25-14/h4-10H,3,11-12H2,1-2H3,(H,20,24)/t18-/m0/s1. The van der Waals surface area contributed by atoms with Crippen molar-refractivity contribution in [3.05, 3.63) is 57.2 Å². The molecule has 1 aromatic carbocycles. The van der Waals surface area contributed by atoms with E-state index in [1.807, 2.05) is 61.3 Å². The van der Waals surface area contributed by atoms with Gasteiger partial charge in [0.25, 0.3) is 5.91 Å². The van der Waals surface area contributed by atoms with Gasteiger partial charge in [0.2, 0.25) is 0 Å². The number of rotatable bonds is 6. The van der Waals surface area contributed by atoms with E-state index in [4.69, 9.17) is 11.6 Å². The maximum absolute atomic E-state index is 13.1. The zero-order valence-corrected chi connectivity index (χ0v) is 15.7. The summed E-state index contributed by atoms with van der Waals surface area (Å²) in [5.41, 5.74) is -0.170. The van der Waals surface area contributed by atoms with Crippen LogP contribution in [0, 0.1) is 0 Å². The maximum atomic E-state index is 13.1. The van der Waals surface area contributed by atoms with Crippen molar-refractivity contribution < 1.29 is 9.59 Å². The number of imide groups is 1. The summed E-state index contributed by atoms with van der Waals surface area (Å²) in [5, 5.41) is 2.90. The molecule has 1 N–H and O–H groups in total. The maximum Gasteiger partial charge on any atom is 0.326 e. The van der Waals surface area contributed by atoms with Gasteiger partial charge in [-0.2, -0.15) is 0 Å². The van der Waals surface area contributed by atoms with Gasteiger partial charge in [-0.15, -0.1) is 11.3 Å². The van der Waals surface area contributed by atoms with Crippen LogP contribution in [0.1, 0.15) is 23.8 Å². The number of nitrogens with one attached hydrogen (secondary N) is 1. The summed E-state index contributed by atoms with van der Waals surface area (Å²) < 4.78 is 0.729. The summed E-state index contributed by atoms with van der Waals surface area (Å²) in [6, 6.07) is 12.8. The van der Waals surface area contributed by atoms with E-state index in [0.29, 0.717) is 13.0 Å². The van der Waals surface area contributed by atoms with Gasteiger partial charge in [0.1, 0.15) is 5.54 Å². The quantitative estimate of drug-likeness (QED) is 0.782. The minimum atomic E-state index is -0.981. The molecule has 2 heterocycles. The fourth-order valence-corrected chi connectivity index (χ4v) is 4.28. The number of carbonyl (C=O) groups is 2. The topological polar surface area (TPSA) is 52.7 Å². The SMILES string of the molecule is CC[C@@]1(c2ccccc2)NC(=O)N(CN(C)Cc2ccc(Cl)s2)C1=O. The van der Waals surface area contributed by atoms with Gasteiger partial charge in [-0.05, 0) is 31.2 Å². The fourth-order valence-electron chi connectivity index (χ4n) is 3.11. The molecular weight excluding hydrogens is 358 g/mol. The van der Waals surface area contributed by atoms with E-state index in [1.54, 1.807) is 0 Å². The summed E-state index contributed by atoms with van der Waals surface area (Å²) in [6.45, 7) is 2.76. The number of benzene rings is 1. The predicted molar refractivity (Wildman–Crippen MR) is 99.5 cm³/mol. The first kappa shape index (κ1) is 17.9. The number of hydrogen-bond acceptors (Lipinski definition) is 4. The van der Waals surface area contributed by atoms with Crippen LogP contribution in [0.3, 0.4) is 0 Å². The Bertz CT molecular complexity index is 780. The number of carbonyl (C=O) groups excluding carboxylic acids is 2. The summed E-state index contributed by atoms with van der Waals surface area (Å²) in [4.78, 5) is 29.8. The Hall–Kier alpha value is -1.89. The first-order chi connectivity index (χ1) is 12.0. The van der Waals surface area contributed by atoms with Gasteiger partial charge in [-0.3, -0.25) is 9.69 Å². The molecule has 1 saturated heterocycles. The monoisotopic (exact) mass is 377 g/mol. The van der Waals surface area contributed by atoms with E-state index >= 15 is 0 Å². The molecular formula is C18H20ClN3O2S. The minimum Gasteiger partial charge on any atom is -0.319 e. The van der Waals surface area contributed by atoms with E-state index in [9.17, 15) is 9.59 Å². The van der Waals surface area contributed by atoms with Gasteiger partial charge in [-0.25, -0.2) is 9.69 Å². The second kappa shape index (κ2) is 7.15. The summed E-state index contributed by atoms with van der Waals surface area (Å²) in [5.74, 6) is -0.206. The molecule has 5 nitrogen and oxygen atoms in total. The molecule has 0 unspecified atom stereocenters. The van der Waals surface area contributed by atoms with Gasteiger partial charge in [-0.1, -0.05) is 48.9 Å².